The van der Waals surface area contributed by atoms with Crippen LogP contribution in [-0.4, -0.2) is 35.6 Å². The van der Waals surface area contributed by atoms with Gasteiger partial charge >= 0.3 is 0 Å². The third-order valence-electron chi connectivity index (χ3n) is 8.82. The summed E-state index contributed by atoms with van der Waals surface area (Å²) in [6.07, 6.45) is -0.820. The lowest BCUT2D eigenvalue weighted by atomic mass is 9.90. The van der Waals surface area contributed by atoms with Gasteiger partial charge in [0.05, 0.1) is 18.8 Å². The van der Waals surface area contributed by atoms with Crippen molar-refractivity contribution in [3.63, 3.8) is 0 Å². The molecule has 6 rings (SSSR count). The minimum Gasteiger partial charge on any atom is -0.392 e. The topological polar surface area (TPSA) is 71.0 Å². The smallest absolute Gasteiger partial charge is 0.251 e. The van der Waals surface area contributed by atoms with Gasteiger partial charge in [-0.1, -0.05) is 116 Å². The summed E-state index contributed by atoms with van der Waals surface area (Å²) in [6.45, 7) is 4.21. The maximum atomic E-state index is 12.6. The number of hydrogen-bond donors (Lipinski definition) is 2. The molecule has 1 heterocycles. The highest BCUT2D eigenvalue weighted by molar-refractivity contribution is 5.94. The third-order valence-corrected chi connectivity index (χ3v) is 8.82. The van der Waals surface area contributed by atoms with E-state index in [0.29, 0.717) is 12.1 Å². The Hall–Kier alpha value is -4.59. The summed E-state index contributed by atoms with van der Waals surface area (Å²) >= 11 is 0. The summed E-state index contributed by atoms with van der Waals surface area (Å²) in [4.78, 5) is 14.9. The van der Waals surface area contributed by atoms with E-state index in [2.05, 4.69) is 90.9 Å². The number of rotatable bonds is 11. The Balaban J connectivity index is 1.22. The first-order valence-electron chi connectivity index (χ1n) is 16.2. The monoisotopic (exact) mass is 626 g/mol. The molecule has 1 fully saturated rings. The number of hydrogen-bond acceptors (Lipinski definition) is 5. The van der Waals surface area contributed by atoms with Crippen molar-refractivity contribution in [2.24, 2.45) is 5.92 Å². The summed E-state index contributed by atoms with van der Waals surface area (Å²) in [5.41, 5.74) is 7.92. The number of nitrogens with zero attached hydrogens (tertiary/aromatic N) is 1. The molecule has 0 spiro atoms. The standard InChI is InChI=1S/C41H42N2O4/c1-29-38(27-43(2)26-30-11-5-3-6-12-30)46-41(47-39(29)33-21-19-31(28-44)20-22-33)37-18-10-17-36(24-37)35-16-9-13-32(23-35)25-42-40(45)34-14-7-4-8-15-34/h3-24,29,38-39,41,44H,25-28H2,1-2H3,(H,42,45)/t29-,38+,39+,41+/m1/s1. The minimum atomic E-state index is -0.558. The molecule has 240 valence electrons. The zero-order valence-electron chi connectivity index (χ0n) is 27.0. The predicted octanol–water partition coefficient (Wildman–Crippen LogP) is 7.70. The van der Waals surface area contributed by atoms with Crippen LogP contribution in [0, 0.1) is 5.92 Å². The van der Waals surface area contributed by atoms with Crippen LogP contribution < -0.4 is 5.32 Å². The van der Waals surface area contributed by atoms with E-state index in [4.69, 9.17) is 9.47 Å². The van der Waals surface area contributed by atoms with Crippen LogP contribution in [0.2, 0.25) is 0 Å². The molecule has 0 saturated carbocycles. The molecule has 0 radical (unpaired) electrons. The van der Waals surface area contributed by atoms with E-state index in [9.17, 15) is 9.90 Å². The van der Waals surface area contributed by atoms with E-state index in [1.807, 2.05) is 66.7 Å². The van der Waals surface area contributed by atoms with Gasteiger partial charge in [0.25, 0.3) is 5.91 Å². The quantitative estimate of drug-likeness (QED) is 0.157. The number of ether oxygens (including phenoxy) is 2. The molecule has 5 aromatic carbocycles. The third kappa shape index (κ3) is 8.23. The Morgan fingerprint density at radius 1 is 0.723 bits per heavy atom. The van der Waals surface area contributed by atoms with Crippen molar-refractivity contribution in [3.05, 3.63) is 167 Å². The highest BCUT2D eigenvalue weighted by atomic mass is 16.7. The lowest BCUT2D eigenvalue weighted by Gasteiger charge is -2.42. The van der Waals surface area contributed by atoms with Crippen LogP contribution in [0.5, 0.6) is 0 Å². The Kier molecular flexibility index (Phi) is 10.6. The molecule has 4 atom stereocenters. The number of aliphatic hydroxyl groups excluding tert-OH is 1. The Morgan fingerprint density at radius 2 is 1.38 bits per heavy atom. The SMILES string of the molecule is C[C@@H]1[C@H](CN(C)Cc2ccccc2)O[C@H](c2cccc(-c3cccc(CNC(=O)c4ccccc4)c3)c2)O[C@@H]1c1ccc(CO)cc1. The van der Waals surface area contributed by atoms with Crippen LogP contribution in [-0.2, 0) is 29.2 Å². The van der Waals surface area contributed by atoms with Crippen molar-refractivity contribution in [1.82, 2.24) is 10.2 Å². The largest absolute Gasteiger partial charge is 0.392 e. The van der Waals surface area contributed by atoms with Gasteiger partial charge < -0.3 is 19.9 Å². The molecule has 6 nitrogen and oxygen atoms in total. The Bertz CT molecular complexity index is 1740. The second kappa shape index (κ2) is 15.3. The first-order valence-corrected chi connectivity index (χ1v) is 16.2. The Morgan fingerprint density at radius 3 is 2.11 bits per heavy atom. The molecule has 1 saturated heterocycles. The fourth-order valence-electron chi connectivity index (χ4n) is 6.19. The lowest BCUT2D eigenvalue weighted by molar-refractivity contribution is -0.276. The normalized spacial score (nSPS) is 19.4. The maximum Gasteiger partial charge on any atom is 0.251 e. The van der Waals surface area contributed by atoms with Crippen molar-refractivity contribution < 1.29 is 19.4 Å². The fraction of sp³-hybridized carbons (Fsp3) is 0.244. The average molecular weight is 627 g/mol. The minimum absolute atomic E-state index is 0.00733. The summed E-state index contributed by atoms with van der Waals surface area (Å²) in [6, 6.07) is 44.3. The number of carbonyl (C=O) groups is 1. The molecule has 1 aliphatic rings. The van der Waals surface area contributed by atoms with Crippen LogP contribution in [0.1, 0.15) is 57.5 Å². The predicted molar refractivity (Wildman–Crippen MR) is 185 cm³/mol. The van der Waals surface area contributed by atoms with E-state index >= 15 is 0 Å². The number of nitrogens with one attached hydrogen (secondary N) is 1. The van der Waals surface area contributed by atoms with Crippen LogP contribution in [0.4, 0.5) is 0 Å². The summed E-state index contributed by atoms with van der Waals surface area (Å²) in [7, 11) is 2.13. The van der Waals surface area contributed by atoms with Crippen molar-refractivity contribution in [2.45, 2.75) is 45.1 Å². The van der Waals surface area contributed by atoms with Gasteiger partial charge in [-0.3, -0.25) is 9.69 Å². The number of likely N-dealkylation sites (N-methyl/N-ethyl adjacent to an activating group) is 1. The van der Waals surface area contributed by atoms with E-state index in [1.165, 1.54) is 5.56 Å². The van der Waals surface area contributed by atoms with Gasteiger partial charge in [-0.05, 0) is 64.7 Å². The molecule has 47 heavy (non-hydrogen) atoms. The van der Waals surface area contributed by atoms with Crippen molar-refractivity contribution in [2.75, 3.05) is 13.6 Å². The van der Waals surface area contributed by atoms with Gasteiger partial charge in [0, 0.05) is 36.7 Å². The first-order chi connectivity index (χ1) is 23.0. The van der Waals surface area contributed by atoms with Crippen LogP contribution in [0.25, 0.3) is 11.1 Å². The number of benzene rings is 5. The first kappa shape index (κ1) is 32.4. The highest BCUT2D eigenvalue weighted by Crippen LogP contribution is 2.42. The second-order valence-corrected chi connectivity index (χ2v) is 12.4. The van der Waals surface area contributed by atoms with Gasteiger partial charge in [-0.15, -0.1) is 0 Å². The zero-order chi connectivity index (χ0) is 32.6. The fourth-order valence-corrected chi connectivity index (χ4v) is 6.19. The van der Waals surface area contributed by atoms with Crippen LogP contribution >= 0.6 is 0 Å². The molecule has 6 heteroatoms. The molecule has 1 amide bonds. The van der Waals surface area contributed by atoms with Crippen molar-refractivity contribution in [1.29, 1.82) is 0 Å². The summed E-state index contributed by atoms with van der Waals surface area (Å²) in [5, 5.41) is 12.6. The molecule has 0 bridgehead atoms. The van der Waals surface area contributed by atoms with E-state index < -0.39 is 6.29 Å². The molecule has 0 unspecified atom stereocenters. The number of amides is 1. The summed E-state index contributed by atoms with van der Waals surface area (Å²) < 4.78 is 13.5. The maximum absolute atomic E-state index is 12.6. The Labute approximate surface area is 277 Å². The average Bonchev–Trinajstić information content (AvgIpc) is 3.12. The van der Waals surface area contributed by atoms with Gasteiger partial charge in [0.2, 0.25) is 0 Å². The molecule has 2 N–H and O–H groups in total. The van der Waals surface area contributed by atoms with E-state index in [0.717, 1.165) is 46.5 Å². The molecular weight excluding hydrogens is 584 g/mol. The number of carbonyl (C=O) groups excluding carboxylic acids is 1. The van der Waals surface area contributed by atoms with Gasteiger partial charge in [-0.25, -0.2) is 0 Å². The van der Waals surface area contributed by atoms with Crippen molar-refractivity contribution in [3.8, 4) is 11.1 Å². The van der Waals surface area contributed by atoms with Gasteiger partial charge in [-0.2, -0.15) is 0 Å². The molecular formula is C41H42N2O4. The van der Waals surface area contributed by atoms with Crippen LogP contribution in [0.15, 0.2) is 133 Å². The van der Waals surface area contributed by atoms with Crippen molar-refractivity contribution >= 4 is 5.91 Å². The molecule has 0 aromatic heterocycles. The summed E-state index contributed by atoms with van der Waals surface area (Å²) in [5.74, 6) is -0.00115. The zero-order valence-corrected chi connectivity index (χ0v) is 27.0. The molecule has 1 aliphatic heterocycles. The lowest BCUT2D eigenvalue weighted by Crippen LogP contribution is -2.43. The van der Waals surface area contributed by atoms with E-state index in [1.54, 1.807) is 0 Å². The molecule has 5 aromatic rings. The number of aliphatic hydroxyl groups is 1. The highest BCUT2D eigenvalue weighted by Gasteiger charge is 2.38. The van der Waals surface area contributed by atoms with Gasteiger partial charge in [0.1, 0.15) is 0 Å². The van der Waals surface area contributed by atoms with Gasteiger partial charge in [0.15, 0.2) is 6.29 Å². The molecule has 0 aliphatic carbocycles. The van der Waals surface area contributed by atoms with Crippen LogP contribution in [0.3, 0.4) is 0 Å². The van der Waals surface area contributed by atoms with E-state index in [-0.39, 0.29) is 30.6 Å². The second-order valence-electron chi connectivity index (χ2n) is 12.4.